The molecule has 0 aromatic heterocycles. The summed E-state index contributed by atoms with van der Waals surface area (Å²) < 4.78 is 17.4. The van der Waals surface area contributed by atoms with Gasteiger partial charge in [-0.05, 0) is 37.6 Å². The molecule has 1 saturated heterocycles. The van der Waals surface area contributed by atoms with Gasteiger partial charge in [-0.15, -0.1) is 0 Å². The molecule has 3 unspecified atom stereocenters. The number of nitrogens with one attached hydrogen (secondary N) is 1. The van der Waals surface area contributed by atoms with Gasteiger partial charge in [0.25, 0.3) is 0 Å². The monoisotopic (exact) mass is 291 g/mol. The van der Waals surface area contributed by atoms with Gasteiger partial charge in [0, 0.05) is 25.0 Å². The summed E-state index contributed by atoms with van der Waals surface area (Å²) in [6.45, 7) is 4.52. The first-order chi connectivity index (χ1) is 10.3. The van der Waals surface area contributed by atoms with Gasteiger partial charge in [-0.3, -0.25) is 0 Å². The SMILES string of the molecule is CCC1OCCC1C(NC)c1ccc2c(c1)OCCCO2. The van der Waals surface area contributed by atoms with Crippen LogP contribution in [0, 0.1) is 5.92 Å². The number of benzene rings is 1. The molecule has 0 amide bonds. The lowest BCUT2D eigenvalue weighted by molar-refractivity contribution is 0.0782. The van der Waals surface area contributed by atoms with Gasteiger partial charge in [0.15, 0.2) is 11.5 Å². The zero-order chi connectivity index (χ0) is 14.7. The van der Waals surface area contributed by atoms with E-state index in [1.165, 1.54) is 5.56 Å². The average molecular weight is 291 g/mol. The Balaban J connectivity index is 1.85. The van der Waals surface area contributed by atoms with Crippen molar-refractivity contribution < 1.29 is 14.2 Å². The van der Waals surface area contributed by atoms with Crippen molar-refractivity contribution in [3.8, 4) is 11.5 Å². The Hall–Kier alpha value is -1.26. The smallest absolute Gasteiger partial charge is 0.161 e. The van der Waals surface area contributed by atoms with E-state index in [2.05, 4.69) is 24.4 Å². The van der Waals surface area contributed by atoms with Crippen molar-refractivity contribution in [1.29, 1.82) is 0 Å². The molecule has 2 aliphatic heterocycles. The van der Waals surface area contributed by atoms with Crippen LogP contribution in [0.2, 0.25) is 0 Å². The van der Waals surface area contributed by atoms with Gasteiger partial charge in [-0.1, -0.05) is 13.0 Å². The average Bonchev–Trinajstić information content (AvgIpc) is 2.85. The molecule has 0 spiro atoms. The lowest BCUT2D eigenvalue weighted by Crippen LogP contribution is -2.30. The van der Waals surface area contributed by atoms with Crippen molar-refractivity contribution in [2.75, 3.05) is 26.9 Å². The molecular weight excluding hydrogens is 266 g/mol. The van der Waals surface area contributed by atoms with Gasteiger partial charge >= 0.3 is 0 Å². The minimum atomic E-state index is 0.301. The Morgan fingerprint density at radius 1 is 1.19 bits per heavy atom. The molecule has 1 aromatic carbocycles. The Labute approximate surface area is 126 Å². The molecule has 2 heterocycles. The molecule has 3 rings (SSSR count). The van der Waals surface area contributed by atoms with Crippen LogP contribution in [0.5, 0.6) is 11.5 Å². The summed E-state index contributed by atoms with van der Waals surface area (Å²) in [5.41, 5.74) is 1.26. The number of rotatable bonds is 4. The second kappa shape index (κ2) is 6.67. The van der Waals surface area contributed by atoms with Gasteiger partial charge in [-0.25, -0.2) is 0 Å². The second-order valence-corrected chi connectivity index (χ2v) is 5.79. The molecule has 2 aliphatic rings. The second-order valence-electron chi connectivity index (χ2n) is 5.79. The van der Waals surface area contributed by atoms with Crippen molar-refractivity contribution in [1.82, 2.24) is 5.32 Å². The Morgan fingerprint density at radius 2 is 2.00 bits per heavy atom. The third kappa shape index (κ3) is 3.01. The molecule has 0 bridgehead atoms. The van der Waals surface area contributed by atoms with Crippen molar-refractivity contribution in [3.05, 3.63) is 23.8 Å². The fourth-order valence-corrected chi connectivity index (χ4v) is 3.47. The van der Waals surface area contributed by atoms with Crippen LogP contribution in [0.4, 0.5) is 0 Å². The van der Waals surface area contributed by atoms with Crippen LogP contribution < -0.4 is 14.8 Å². The van der Waals surface area contributed by atoms with E-state index in [4.69, 9.17) is 14.2 Å². The third-order valence-corrected chi connectivity index (χ3v) is 4.53. The topological polar surface area (TPSA) is 39.7 Å². The van der Waals surface area contributed by atoms with Crippen LogP contribution in [0.25, 0.3) is 0 Å². The molecule has 0 radical (unpaired) electrons. The van der Waals surface area contributed by atoms with Crippen LogP contribution in [0.15, 0.2) is 18.2 Å². The fraction of sp³-hybridized carbons (Fsp3) is 0.647. The van der Waals surface area contributed by atoms with Gasteiger partial charge in [-0.2, -0.15) is 0 Å². The van der Waals surface area contributed by atoms with Crippen LogP contribution in [-0.4, -0.2) is 33.0 Å². The highest BCUT2D eigenvalue weighted by Gasteiger charge is 2.34. The summed E-state index contributed by atoms with van der Waals surface area (Å²) in [4.78, 5) is 0. The molecule has 1 fully saturated rings. The van der Waals surface area contributed by atoms with E-state index in [1.54, 1.807) is 0 Å². The van der Waals surface area contributed by atoms with Gasteiger partial charge in [0.1, 0.15) is 0 Å². The molecule has 1 aromatic rings. The number of fused-ring (bicyclic) bond motifs is 1. The standard InChI is InChI=1S/C17H25NO3/c1-3-14-13(7-10-21-14)17(18-2)12-5-6-15-16(11-12)20-9-4-8-19-15/h5-6,11,13-14,17-18H,3-4,7-10H2,1-2H3. The maximum absolute atomic E-state index is 5.86. The quantitative estimate of drug-likeness (QED) is 0.926. The zero-order valence-electron chi connectivity index (χ0n) is 12.9. The summed E-state index contributed by atoms with van der Waals surface area (Å²) in [5.74, 6) is 2.25. The summed E-state index contributed by atoms with van der Waals surface area (Å²) in [5, 5.41) is 3.47. The zero-order valence-corrected chi connectivity index (χ0v) is 12.9. The number of ether oxygens (including phenoxy) is 3. The maximum Gasteiger partial charge on any atom is 0.161 e. The van der Waals surface area contributed by atoms with E-state index in [1.807, 2.05) is 13.1 Å². The molecule has 0 aliphatic carbocycles. The summed E-state index contributed by atoms with van der Waals surface area (Å²) in [7, 11) is 2.03. The van der Waals surface area contributed by atoms with Crippen molar-refractivity contribution in [3.63, 3.8) is 0 Å². The normalized spacial score (nSPS) is 26.4. The molecule has 4 heteroatoms. The molecule has 1 N–H and O–H groups in total. The van der Waals surface area contributed by atoms with E-state index >= 15 is 0 Å². The maximum atomic E-state index is 5.86. The number of hydrogen-bond acceptors (Lipinski definition) is 4. The molecule has 4 nitrogen and oxygen atoms in total. The Bertz CT molecular complexity index is 477. The first-order valence-electron chi connectivity index (χ1n) is 8.02. The lowest BCUT2D eigenvalue weighted by atomic mass is 9.86. The molecule has 0 saturated carbocycles. The Morgan fingerprint density at radius 3 is 2.76 bits per heavy atom. The molecule has 116 valence electrons. The highest BCUT2D eigenvalue weighted by Crippen LogP contribution is 2.38. The van der Waals surface area contributed by atoms with Gasteiger partial charge in [0.2, 0.25) is 0 Å². The first-order valence-corrected chi connectivity index (χ1v) is 8.02. The highest BCUT2D eigenvalue weighted by atomic mass is 16.5. The molecule has 3 atom stereocenters. The van der Waals surface area contributed by atoms with Gasteiger partial charge in [0.05, 0.1) is 19.3 Å². The third-order valence-electron chi connectivity index (χ3n) is 4.53. The Kier molecular flexibility index (Phi) is 4.66. The van der Waals surface area contributed by atoms with E-state index in [9.17, 15) is 0 Å². The summed E-state index contributed by atoms with van der Waals surface area (Å²) >= 11 is 0. The number of hydrogen-bond donors (Lipinski definition) is 1. The largest absolute Gasteiger partial charge is 0.490 e. The van der Waals surface area contributed by atoms with E-state index in [0.717, 1.165) is 50.6 Å². The predicted molar refractivity (Wildman–Crippen MR) is 82.0 cm³/mol. The van der Waals surface area contributed by atoms with Crippen molar-refractivity contribution >= 4 is 0 Å². The van der Waals surface area contributed by atoms with Crippen LogP contribution >= 0.6 is 0 Å². The molecular formula is C17H25NO3. The van der Waals surface area contributed by atoms with E-state index in [-0.39, 0.29) is 0 Å². The lowest BCUT2D eigenvalue weighted by Gasteiger charge is -2.27. The van der Waals surface area contributed by atoms with Crippen LogP contribution in [0.1, 0.15) is 37.8 Å². The minimum Gasteiger partial charge on any atom is -0.490 e. The summed E-state index contributed by atoms with van der Waals surface area (Å²) in [6.07, 6.45) is 3.46. The van der Waals surface area contributed by atoms with Crippen LogP contribution in [-0.2, 0) is 4.74 Å². The predicted octanol–water partition coefficient (Wildman–Crippen LogP) is 2.92. The minimum absolute atomic E-state index is 0.301. The van der Waals surface area contributed by atoms with Crippen molar-refractivity contribution in [2.24, 2.45) is 5.92 Å². The van der Waals surface area contributed by atoms with Gasteiger partial charge < -0.3 is 19.5 Å². The summed E-state index contributed by atoms with van der Waals surface area (Å²) in [6, 6.07) is 6.62. The highest BCUT2D eigenvalue weighted by molar-refractivity contribution is 5.44. The first kappa shape index (κ1) is 14.7. The fourth-order valence-electron chi connectivity index (χ4n) is 3.47. The molecule has 21 heavy (non-hydrogen) atoms. The van der Waals surface area contributed by atoms with Crippen molar-refractivity contribution in [2.45, 2.75) is 38.3 Å². The van der Waals surface area contributed by atoms with E-state index < -0.39 is 0 Å². The van der Waals surface area contributed by atoms with E-state index in [0.29, 0.717) is 18.1 Å². The van der Waals surface area contributed by atoms with Crippen LogP contribution in [0.3, 0.4) is 0 Å².